The van der Waals surface area contributed by atoms with Crippen LogP contribution in [0.25, 0.3) is 11.2 Å². The minimum absolute atomic E-state index is 0.162. The highest BCUT2D eigenvalue weighted by molar-refractivity contribution is 7.99. The maximum atomic E-state index is 5.85. The number of hydrogen-bond acceptors (Lipinski definition) is 4. The van der Waals surface area contributed by atoms with Crippen LogP contribution in [-0.4, -0.2) is 26.9 Å². The van der Waals surface area contributed by atoms with Crippen LogP contribution in [0.1, 0.15) is 43.0 Å². The molecule has 2 atom stereocenters. The maximum Gasteiger partial charge on any atom is 0.161 e. The molecule has 0 aliphatic carbocycles. The lowest BCUT2D eigenvalue weighted by Gasteiger charge is -2.17. The molecule has 0 radical (unpaired) electrons. The lowest BCUT2D eigenvalue weighted by Crippen LogP contribution is -2.11. The molecule has 2 aliphatic rings. The smallest absolute Gasteiger partial charge is 0.161 e. The number of fused-ring (bicyclic) bond motifs is 1. The van der Waals surface area contributed by atoms with Crippen molar-refractivity contribution in [2.45, 2.75) is 37.2 Å². The summed E-state index contributed by atoms with van der Waals surface area (Å²) in [5, 5.41) is 0.485. The van der Waals surface area contributed by atoms with E-state index in [-0.39, 0.29) is 6.10 Å². The van der Waals surface area contributed by atoms with Crippen molar-refractivity contribution in [2.75, 3.05) is 12.4 Å². The lowest BCUT2D eigenvalue weighted by molar-refractivity contribution is 0.102. The molecule has 2 aromatic rings. The summed E-state index contributed by atoms with van der Waals surface area (Å²) in [5.74, 6) is 2.33. The zero-order chi connectivity index (χ0) is 12.7. The van der Waals surface area contributed by atoms with Gasteiger partial charge in [-0.05, 0) is 43.6 Å². The SMILES string of the molecule is c1cnc2c(c1)nc(C1CCCO1)n2C1CCCS1. The molecule has 2 aromatic heterocycles. The number of aromatic nitrogens is 3. The second-order valence-corrected chi connectivity index (χ2v) is 6.44. The molecule has 0 spiro atoms. The second-order valence-electron chi connectivity index (χ2n) is 5.16. The highest BCUT2D eigenvalue weighted by Crippen LogP contribution is 2.41. The lowest BCUT2D eigenvalue weighted by atomic mass is 10.2. The van der Waals surface area contributed by atoms with Gasteiger partial charge in [0.1, 0.15) is 17.4 Å². The molecule has 4 heterocycles. The first-order valence-electron chi connectivity index (χ1n) is 6.99. The highest BCUT2D eigenvalue weighted by Gasteiger charge is 2.29. The van der Waals surface area contributed by atoms with Gasteiger partial charge in [0.2, 0.25) is 0 Å². The van der Waals surface area contributed by atoms with E-state index in [1.807, 2.05) is 24.0 Å². The van der Waals surface area contributed by atoms with Gasteiger partial charge in [-0.3, -0.25) is 4.57 Å². The molecular formula is C14H17N3OS. The van der Waals surface area contributed by atoms with Crippen molar-refractivity contribution < 1.29 is 4.74 Å². The topological polar surface area (TPSA) is 39.9 Å². The molecule has 4 rings (SSSR count). The van der Waals surface area contributed by atoms with Gasteiger partial charge in [0.25, 0.3) is 0 Å². The van der Waals surface area contributed by atoms with Crippen molar-refractivity contribution in [3.63, 3.8) is 0 Å². The first-order valence-corrected chi connectivity index (χ1v) is 8.04. The van der Waals surface area contributed by atoms with Crippen LogP contribution in [0.4, 0.5) is 0 Å². The van der Waals surface area contributed by atoms with Crippen molar-refractivity contribution in [1.29, 1.82) is 0 Å². The van der Waals surface area contributed by atoms with Crippen molar-refractivity contribution in [2.24, 2.45) is 0 Å². The van der Waals surface area contributed by atoms with E-state index in [1.165, 1.54) is 18.6 Å². The largest absolute Gasteiger partial charge is 0.370 e. The van der Waals surface area contributed by atoms with E-state index in [0.717, 1.165) is 36.4 Å². The average Bonchev–Trinajstić information content (AvgIpc) is 3.17. The summed E-state index contributed by atoms with van der Waals surface area (Å²) in [6, 6.07) is 4.01. The Hall–Kier alpha value is -1.07. The van der Waals surface area contributed by atoms with E-state index >= 15 is 0 Å². The average molecular weight is 275 g/mol. The molecule has 2 unspecified atom stereocenters. The predicted molar refractivity (Wildman–Crippen MR) is 76.2 cm³/mol. The van der Waals surface area contributed by atoms with Crippen molar-refractivity contribution >= 4 is 22.9 Å². The van der Waals surface area contributed by atoms with E-state index in [0.29, 0.717) is 5.37 Å². The van der Waals surface area contributed by atoms with E-state index in [4.69, 9.17) is 9.72 Å². The van der Waals surface area contributed by atoms with Gasteiger partial charge in [0.15, 0.2) is 5.65 Å². The molecular weight excluding hydrogens is 258 g/mol. The first kappa shape index (κ1) is 11.7. The molecule has 0 aromatic carbocycles. The molecule has 0 saturated carbocycles. The van der Waals surface area contributed by atoms with Crippen LogP contribution < -0.4 is 0 Å². The van der Waals surface area contributed by atoms with E-state index in [1.54, 1.807) is 0 Å². The molecule has 0 N–H and O–H groups in total. The van der Waals surface area contributed by atoms with E-state index < -0.39 is 0 Å². The Morgan fingerprint density at radius 1 is 1.32 bits per heavy atom. The Morgan fingerprint density at radius 2 is 2.32 bits per heavy atom. The van der Waals surface area contributed by atoms with Gasteiger partial charge in [-0.15, -0.1) is 11.8 Å². The van der Waals surface area contributed by atoms with Gasteiger partial charge in [0, 0.05) is 12.8 Å². The third-order valence-electron chi connectivity index (χ3n) is 3.89. The zero-order valence-corrected chi connectivity index (χ0v) is 11.6. The predicted octanol–water partition coefficient (Wildman–Crippen LogP) is 3.31. The van der Waals surface area contributed by atoms with Crippen LogP contribution in [0.3, 0.4) is 0 Å². The molecule has 0 bridgehead atoms. The summed E-state index contributed by atoms with van der Waals surface area (Å²) in [6.45, 7) is 0.860. The van der Waals surface area contributed by atoms with Gasteiger partial charge in [-0.25, -0.2) is 9.97 Å². The molecule has 19 heavy (non-hydrogen) atoms. The summed E-state index contributed by atoms with van der Waals surface area (Å²) in [6.07, 6.45) is 6.74. The second kappa shape index (κ2) is 4.80. The Morgan fingerprint density at radius 3 is 3.11 bits per heavy atom. The molecule has 4 nitrogen and oxygen atoms in total. The van der Waals surface area contributed by atoms with Crippen molar-refractivity contribution in [3.05, 3.63) is 24.2 Å². The molecule has 0 amide bonds. The summed E-state index contributed by atoms with van der Waals surface area (Å²) in [5.41, 5.74) is 2.02. The quantitative estimate of drug-likeness (QED) is 0.843. The molecule has 2 aliphatic heterocycles. The summed E-state index contributed by atoms with van der Waals surface area (Å²) in [4.78, 5) is 9.35. The normalized spacial score (nSPS) is 27.4. The zero-order valence-electron chi connectivity index (χ0n) is 10.8. The van der Waals surface area contributed by atoms with Crippen LogP contribution in [0.15, 0.2) is 18.3 Å². The van der Waals surface area contributed by atoms with Gasteiger partial charge in [-0.1, -0.05) is 0 Å². The number of thioether (sulfide) groups is 1. The maximum absolute atomic E-state index is 5.85. The van der Waals surface area contributed by atoms with Crippen LogP contribution in [0.2, 0.25) is 0 Å². The van der Waals surface area contributed by atoms with Crippen LogP contribution >= 0.6 is 11.8 Å². The van der Waals surface area contributed by atoms with Gasteiger partial charge < -0.3 is 4.74 Å². The minimum Gasteiger partial charge on any atom is -0.370 e. The summed E-state index contributed by atoms with van der Waals surface area (Å²) < 4.78 is 8.18. The fourth-order valence-electron chi connectivity index (χ4n) is 3.00. The number of hydrogen-bond donors (Lipinski definition) is 0. The number of pyridine rings is 1. The highest BCUT2D eigenvalue weighted by atomic mass is 32.2. The Bertz CT molecular complexity index is 585. The molecule has 100 valence electrons. The monoisotopic (exact) mass is 275 g/mol. The Balaban J connectivity index is 1.87. The van der Waals surface area contributed by atoms with Crippen molar-refractivity contribution in [1.82, 2.24) is 14.5 Å². The summed E-state index contributed by atoms with van der Waals surface area (Å²) in [7, 11) is 0. The molecule has 5 heteroatoms. The molecule has 2 saturated heterocycles. The Labute approximate surface area is 116 Å². The third kappa shape index (κ3) is 1.96. The van der Waals surface area contributed by atoms with E-state index in [9.17, 15) is 0 Å². The van der Waals surface area contributed by atoms with Crippen LogP contribution in [0, 0.1) is 0 Å². The minimum atomic E-state index is 0.162. The summed E-state index contributed by atoms with van der Waals surface area (Å²) >= 11 is 2.02. The van der Waals surface area contributed by atoms with Gasteiger partial charge in [-0.2, -0.15) is 0 Å². The standard InChI is InChI=1S/C14H17N3OS/c1-4-10-13(15-7-1)17(12-6-3-9-19-12)14(16-10)11-5-2-8-18-11/h1,4,7,11-12H,2-3,5-6,8-9H2. The number of nitrogens with zero attached hydrogens (tertiary/aromatic N) is 3. The fraction of sp³-hybridized carbons (Fsp3) is 0.571. The number of ether oxygens (including phenoxy) is 1. The third-order valence-corrected chi connectivity index (χ3v) is 5.24. The number of rotatable bonds is 2. The fourth-order valence-corrected chi connectivity index (χ4v) is 4.30. The van der Waals surface area contributed by atoms with Crippen LogP contribution in [0.5, 0.6) is 0 Å². The van der Waals surface area contributed by atoms with Gasteiger partial charge in [0.05, 0.1) is 5.37 Å². The van der Waals surface area contributed by atoms with Crippen LogP contribution in [-0.2, 0) is 4.74 Å². The Kier molecular flexibility index (Phi) is 2.96. The number of imidazole rings is 1. The van der Waals surface area contributed by atoms with E-state index in [2.05, 4.69) is 15.6 Å². The van der Waals surface area contributed by atoms with Gasteiger partial charge >= 0.3 is 0 Å². The van der Waals surface area contributed by atoms with Crippen molar-refractivity contribution in [3.8, 4) is 0 Å². The molecule has 2 fully saturated rings. The first-order chi connectivity index (χ1) is 9.43.